The van der Waals surface area contributed by atoms with Crippen LogP contribution in [0.2, 0.25) is 0 Å². The summed E-state index contributed by atoms with van der Waals surface area (Å²) in [5.74, 6) is 0. The topological polar surface area (TPSA) is 23.5 Å². The van der Waals surface area contributed by atoms with E-state index in [9.17, 15) is 5.11 Å². The molecule has 0 aromatic rings. The monoisotopic (exact) mass is 185 g/mol. The molecular weight excluding hydrogens is 162 g/mol. The van der Waals surface area contributed by atoms with Gasteiger partial charge in [0.2, 0.25) is 0 Å². The highest BCUT2D eigenvalue weighted by Crippen LogP contribution is 2.25. The van der Waals surface area contributed by atoms with E-state index in [-0.39, 0.29) is 6.10 Å². The van der Waals surface area contributed by atoms with E-state index >= 15 is 0 Å². The first-order chi connectivity index (χ1) is 6.16. The van der Waals surface area contributed by atoms with Crippen molar-refractivity contribution >= 4 is 0 Å². The van der Waals surface area contributed by atoms with Crippen LogP contribution in [-0.2, 0) is 0 Å². The van der Waals surface area contributed by atoms with Crippen molar-refractivity contribution in [2.45, 2.75) is 64.6 Å². The van der Waals surface area contributed by atoms with Crippen molar-refractivity contribution in [1.29, 1.82) is 0 Å². The third kappa shape index (κ3) is 2.68. The molecule has 1 aliphatic carbocycles. The number of nitrogens with zero attached hydrogens (tertiary/aromatic N) is 1. The Morgan fingerprint density at radius 3 is 2.46 bits per heavy atom. The second-order valence-corrected chi connectivity index (χ2v) is 4.40. The van der Waals surface area contributed by atoms with Gasteiger partial charge in [0.15, 0.2) is 0 Å². The second kappa shape index (κ2) is 4.97. The molecule has 2 atom stereocenters. The normalized spacial score (nSPS) is 29.1. The van der Waals surface area contributed by atoms with Crippen LogP contribution in [0.5, 0.6) is 0 Å². The Morgan fingerprint density at radius 2 is 2.08 bits per heavy atom. The summed E-state index contributed by atoms with van der Waals surface area (Å²) < 4.78 is 0. The lowest BCUT2D eigenvalue weighted by molar-refractivity contribution is 0.0519. The molecule has 1 saturated carbocycles. The fraction of sp³-hybridized carbons (Fsp3) is 1.00. The van der Waals surface area contributed by atoms with E-state index in [0.29, 0.717) is 12.1 Å². The minimum absolute atomic E-state index is 0.0750. The molecule has 1 fully saturated rings. The van der Waals surface area contributed by atoms with Gasteiger partial charge in [-0.05, 0) is 46.1 Å². The zero-order valence-corrected chi connectivity index (χ0v) is 9.16. The third-order valence-corrected chi connectivity index (χ3v) is 3.02. The van der Waals surface area contributed by atoms with Crippen molar-refractivity contribution < 1.29 is 5.11 Å². The highest BCUT2D eigenvalue weighted by molar-refractivity contribution is 4.86. The van der Waals surface area contributed by atoms with E-state index in [1.807, 2.05) is 0 Å². The molecule has 0 aromatic heterocycles. The average Bonchev–Trinajstić information content (AvgIpc) is 2.47. The van der Waals surface area contributed by atoms with Crippen molar-refractivity contribution in [1.82, 2.24) is 4.90 Å². The summed E-state index contributed by atoms with van der Waals surface area (Å²) in [6.07, 6.45) is 4.48. The second-order valence-electron chi connectivity index (χ2n) is 4.40. The van der Waals surface area contributed by atoms with Gasteiger partial charge in [-0.3, -0.25) is 4.90 Å². The SMILES string of the molecule is CCCN(C(C)C)[C@@H]1CCC[C@H]1O. The molecule has 13 heavy (non-hydrogen) atoms. The van der Waals surface area contributed by atoms with E-state index < -0.39 is 0 Å². The number of aliphatic hydroxyl groups is 1. The summed E-state index contributed by atoms with van der Waals surface area (Å²) in [4.78, 5) is 2.46. The fourth-order valence-electron chi connectivity index (χ4n) is 2.37. The fourth-order valence-corrected chi connectivity index (χ4v) is 2.37. The zero-order chi connectivity index (χ0) is 9.84. The van der Waals surface area contributed by atoms with Crippen molar-refractivity contribution in [3.63, 3.8) is 0 Å². The Kier molecular flexibility index (Phi) is 4.20. The maximum absolute atomic E-state index is 9.79. The van der Waals surface area contributed by atoms with Crippen LogP contribution < -0.4 is 0 Å². The Labute approximate surface area is 81.9 Å². The quantitative estimate of drug-likeness (QED) is 0.724. The van der Waals surface area contributed by atoms with Gasteiger partial charge in [-0.25, -0.2) is 0 Å². The minimum Gasteiger partial charge on any atom is -0.391 e. The number of hydrogen-bond donors (Lipinski definition) is 1. The third-order valence-electron chi connectivity index (χ3n) is 3.02. The van der Waals surface area contributed by atoms with Gasteiger partial charge in [0, 0.05) is 12.1 Å². The van der Waals surface area contributed by atoms with E-state index in [0.717, 1.165) is 13.0 Å². The summed E-state index contributed by atoms with van der Waals surface area (Å²) in [6.45, 7) is 7.78. The van der Waals surface area contributed by atoms with Gasteiger partial charge >= 0.3 is 0 Å². The molecule has 2 heteroatoms. The molecule has 0 heterocycles. The summed E-state index contributed by atoms with van der Waals surface area (Å²) in [5, 5.41) is 9.79. The van der Waals surface area contributed by atoms with Crippen LogP contribution in [0.4, 0.5) is 0 Å². The van der Waals surface area contributed by atoms with Crippen LogP contribution in [-0.4, -0.2) is 34.7 Å². The van der Waals surface area contributed by atoms with E-state index in [4.69, 9.17) is 0 Å². The number of hydrogen-bond acceptors (Lipinski definition) is 2. The first-order valence-electron chi connectivity index (χ1n) is 5.60. The van der Waals surface area contributed by atoms with Crippen LogP contribution in [0.3, 0.4) is 0 Å². The largest absolute Gasteiger partial charge is 0.391 e. The maximum Gasteiger partial charge on any atom is 0.0695 e. The van der Waals surface area contributed by atoms with Crippen molar-refractivity contribution in [2.75, 3.05) is 6.54 Å². The minimum atomic E-state index is -0.0750. The molecular formula is C11H23NO. The Hall–Kier alpha value is -0.0800. The Morgan fingerprint density at radius 1 is 1.38 bits per heavy atom. The van der Waals surface area contributed by atoms with Crippen molar-refractivity contribution in [3.8, 4) is 0 Å². The highest BCUT2D eigenvalue weighted by atomic mass is 16.3. The van der Waals surface area contributed by atoms with Crippen LogP contribution in [0.15, 0.2) is 0 Å². The first-order valence-corrected chi connectivity index (χ1v) is 5.60. The van der Waals surface area contributed by atoms with E-state index in [1.54, 1.807) is 0 Å². The van der Waals surface area contributed by atoms with E-state index in [2.05, 4.69) is 25.7 Å². The average molecular weight is 185 g/mol. The zero-order valence-electron chi connectivity index (χ0n) is 9.16. The summed E-state index contributed by atoms with van der Waals surface area (Å²) >= 11 is 0. The molecule has 0 aliphatic heterocycles. The molecule has 1 aliphatic rings. The first kappa shape index (κ1) is 11.0. The lowest BCUT2D eigenvalue weighted by Crippen LogP contribution is -2.44. The molecule has 0 spiro atoms. The molecule has 0 bridgehead atoms. The molecule has 0 radical (unpaired) electrons. The van der Waals surface area contributed by atoms with Crippen LogP contribution in [0, 0.1) is 0 Å². The molecule has 1 N–H and O–H groups in total. The summed E-state index contributed by atoms with van der Waals surface area (Å²) in [5.41, 5.74) is 0. The maximum atomic E-state index is 9.79. The number of rotatable bonds is 4. The predicted octanol–water partition coefficient (Wildman–Crippen LogP) is 2.02. The molecule has 1 rings (SSSR count). The lowest BCUT2D eigenvalue weighted by atomic mass is 10.1. The van der Waals surface area contributed by atoms with E-state index in [1.165, 1.54) is 19.3 Å². The van der Waals surface area contributed by atoms with Gasteiger partial charge in [0.05, 0.1) is 6.10 Å². The Bertz CT molecular complexity index is 147. The van der Waals surface area contributed by atoms with Gasteiger partial charge in [-0.15, -0.1) is 0 Å². The summed E-state index contributed by atoms with van der Waals surface area (Å²) in [6, 6.07) is 0.998. The van der Waals surface area contributed by atoms with Crippen molar-refractivity contribution in [2.24, 2.45) is 0 Å². The summed E-state index contributed by atoms with van der Waals surface area (Å²) in [7, 11) is 0. The molecule has 2 nitrogen and oxygen atoms in total. The smallest absolute Gasteiger partial charge is 0.0695 e. The van der Waals surface area contributed by atoms with Crippen LogP contribution >= 0.6 is 0 Å². The molecule has 0 aromatic carbocycles. The molecule has 78 valence electrons. The molecule has 0 amide bonds. The van der Waals surface area contributed by atoms with Gasteiger partial charge in [0.25, 0.3) is 0 Å². The van der Waals surface area contributed by atoms with Crippen LogP contribution in [0.1, 0.15) is 46.5 Å². The molecule has 0 saturated heterocycles. The highest BCUT2D eigenvalue weighted by Gasteiger charge is 2.31. The van der Waals surface area contributed by atoms with Crippen LogP contribution in [0.25, 0.3) is 0 Å². The standard InChI is InChI=1S/C11H23NO/c1-4-8-12(9(2)3)10-6-5-7-11(10)13/h9-11,13H,4-8H2,1-3H3/t10-,11-/m1/s1. The number of aliphatic hydroxyl groups excluding tert-OH is 1. The Balaban J connectivity index is 2.52. The van der Waals surface area contributed by atoms with Gasteiger partial charge in [0.1, 0.15) is 0 Å². The van der Waals surface area contributed by atoms with Gasteiger partial charge < -0.3 is 5.11 Å². The van der Waals surface area contributed by atoms with Gasteiger partial charge in [-0.1, -0.05) is 6.92 Å². The van der Waals surface area contributed by atoms with Crippen molar-refractivity contribution in [3.05, 3.63) is 0 Å². The molecule has 0 unspecified atom stereocenters. The van der Waals surface area contributed by atoms with Gasteiger partial charge in [-0.2, -0.15) is 0 Å². The lowest BCUT2D eigenvalue weighted by Gasteiger charge is -2.34. The predicted molar refractivity (Wildman–Crippen MR) is 55.8 cm³/mol.